The zero-order valence-electron chi connectivity index (χ0n) is 16.9. The third-order valence-electron chi connectivity index (χ3n) is 5.21. The van der Waals surface area contributed by atoms with Crippen LogP contribution in [0.5, 0.6) is 0 Å². The average Bonchev–Trinajstić information content (AvgIpc) is 3.32. The molecule has 0 aliphatic heterocycles. The van der Waals surface area contributed by atoms with E-state index in [0.29, 0.717) is 23.3 Å². The van der Waals surface area contributed by atoms with E-state index in [0.717, 1.165) is 18.4 Å². The molecule has 30 heavy (non-hydrogen) atoms. The SMILES string of the molecule is COCC(C)N=C(NC(=O)C1CCc2ccccc21)Nc1n[nH]c2cc(F)ccc12. The van der Waals surface area contributed by atoms with Crippen molar-refractivity contribution in [3.8, 4) is 0 Å². The minimum absolute atomic E-state index is 0.123. The van der Waals surface area contributed by atoms with Crippen LogP contribution in [0.25, 0.3) is 10.9 Å². The summed E-state index contributed by atoms with van der Waals surface area (Å²) in [6.07, 6.45) is 1.64. The van der Waals surface area contributed by atoms with Gasteiger partial charge in [-0.3, -0.25) is 15.2 Å². The highest BCUT2D eigenvalue weighted by atomic mass is 19.1. The number of amides is 1. The number of halogens is 1. The van der Waals surface area contributed by atoms with E-state index in [4.69, 9.17) is 4.74 Å². The highest BCUT2D eigenvalue weighted by Gasteiger charge is 2.29. The van der Waals surface area contributed by atoms with Crippen molar-refractivity contribution >= 4 is 28.6 Å². The Balaban J connectivity index is 1.58. The number of nitrogens with one attached hydrogen (secondary N) is 3. The molecule has 0 fully saturated rings. The van der Waals surface area contributed by atoms with E-state index in [1.807, 2.05) is 25.1 Å². The number of benzene rings is 2. The van der Waals surface area contributed by atoms with Crippen LogP contribution in [0.1, 0.15) is 30.4 Å². The fraction of sp³-hybridized carbons (Fsp3) is 0.318. The minimum atomic E-state index is -0.353. The van der Waals surface area contributed by atoms with Gasteiger partial charge in [-0.25, -0.2) is 9.38 Å². The van der Waals surface area contributed by atoms with Gasteiger partial charge >= 0.3 is 0 Å². The Morgan fingerprint density at radius 2 is 2.20 bits per heavy atom. The first kappa shape index (κ1) is 20.0. The quantitative estimate of drug-likeness (QED) is 0.445. The van der Waals surface area contributed by atoms with Crippen molar-refractivity contribution in [3.05, 3.63) is 59.4 Å². The largest absolute Gasteiger partial charge is 0.382 e. The summed E-state index contributed by atoms with van der Waals surface area (Å²) in [4.78, 5) is 17.6. The third kappa shape index (κ3) is 4.18. The summed E-state index contributed by atoms with van der Waals surface area (Å²) in [7, 11) is 1.60. The summed E-state index contributed by atoms with van der Waals surface area (Å²) < 4.78 is 18.6. The Labute approximate surface area is 173 Å². The normalized spacial score (nSPS) is 17.0. The molecule has 2 unspecified atom stereocenters. The number of rotatable bonds is 5. The van der Waals surface area contributed by atoms with Crippen molar-refractivity contribution < 1.29 is 13.9 Å². The Hall–Kier alpha value is -3.26. The maximum Gasteiger partial charge on any atom is 0.234 e. The number of fused-ring (bicyclic) bond motifs is 2. The van der Waals surface area contributed by atoms with Crippen molar-refractivity contribution in [2.45, 2.75) is 31.7 Å². The molecule has 7 nitrogen and oxygen atoms in total. The van der Waals surface area contributed by atoms with Gasteiger partial charge in [0.15, 0.2) is 5.82 Å². The molecule has 1 aromatic heterocycles. The number of aliphatic imine (C=N–C) groups is 1. The summed E-state index contributed by atoms with van der Waals surface area (Å²) in [6, 6.07) is 12.2. The number of aromatic nitrogens is 2. The molecular weight excluding hydrogens is 385 g/mol. The summed E-state index contributed by atoms with van der Waals surface area (Å²) in [6.45, 7) is 2.29. The molecule has 0 saturated carbocycles. The lowest BCUT2D eigenvalue weighted by molar-refractivity contribution is -0.121. The molecule has 1 aliphatic carbocycles. The second-order valence-electron chi connectivity index (χ2n) is 7.45. The minimum Gasteiger partial charge on any atom is -0.382 e. The topological polar surface area (TPSA) is 91.4 Å². The number of hydrogen-bond acceptors (Lipinski definition) is 4. The number of guanidine groups is 1. The standard InChI is InChI=1S/C22H24FN5O2/c1-13(12-30-2)24-22(25-20-18-10-8-15(23)11-19(18)27-28-20)26-21(29)17-9-7-14-5-3-4-6-16(14)17/h3-6,8,10-11,13,17H,7,9,12H2,1-2H3,(H3,24,25,26,27,28,29). The number of aromatic amines is 1. The van der Waals surface area contributed by atoms with Crippen molar-refractivity contribution in [2.75, 3.05) is 19.0 Å². The molecule has 0 spiro atoms. The van der Waals surface area contributed by atoms with E-state index < -0.39 is 0 Å². The zero-order chi connectivity index (χ0) is 21.1. The molecule has 2 atom stereocenters. The lowest BCUT2D eigenvalue weighted by Gasteiger charge is -2.16. The number of ether oxygens (including phenoxy) is 1. The monoisotopic (exact) mass is 409 g/mol. The van der Waals surface area contributed by atoms with Gasteiger partial charge in [-0.05, 0) is 49.1 Å². The van der Waals surface area contributed by atoms with E-state index in [9.17, 15) is 9.18 Å². The van der Waals surface area contributed by atoms with Crippen molar-refractivity contribution in [1.82, 2.24) is 15.5 Å². The summed E-state index contributed by atoms with van der Waals surface area (Å²) in [5.74, 6) is 0.0401. The molecule has 0 radical (unpaired) electrons. The Morgan fingerprint density at radius 3 is 3.03 bits per heavy atom. The smallest absolute Gasteiger partial charge is 0.234 e. The van der Waals surface area contributed by atoms with Gasteiger partial charge in [-0.1, -0.05) is 24.3 Å². The second kappa shape index (κ2) is 8.62. The number of methoxy groups -OCH3 is 1. The number of carbonyl (C=O) groups is 1. The molecule has 8 heteroatoms. The summed E-state index contributed by atoms with van der Waals surface area (Å²) >= 11 is 0. The molecule has 0 saturated heterocycles. The van der Waals surface area contributed by atoms with E-state index in [2.05, 4.69) is 31.9 Å². The first-order valence-electron chi connectivity index (χ1n) is 9.91. The molecular formula is C22H24FN5O2. The van der Waals surface area contributed by atoms with Gasteiger partial charge in [0.25, 0.3) is 0 Å². The van der Waals surface area contributed by atoms with Crippen molar-refractivity contribution in [2.24, 2.45) is 4.99 Å². The Morgan fingerprint density at radius 1 is 1.37 bits per heavy atom. The Kier molecular flexibility index (Phi) is 5.76. The molecule has 4 rings (SSSR count). The highest BCUT2D eigenvalue weighted by Crippen LogP contribution is 2.33. The number of carbonyl (C=O) groups excluding carboxylic acids is 1. The number of aryl methyl sites for hydroxylation is 1. The number of H-pyrrole nitrogens is 1. The number of hydrogen-bond donors (Lipinski definition) is 3. The van der Waals surface area contributed by atoms with E-state index in [1.165, 1.54) is 17.7 Å². The predicted molar refractivity (Wildman–Crippen MR) is 114 cm³/mol. The van der Waals surface area contributed by atoms with Crippen LogP contribution in [0, 0.1) is 5.82 Å². The summed E-state index contributed by atoms with van der Waals surface area (Å²) in [5.41, 5.74) is 2.81. The van der Waals surface area contributed by atoms with Crippen LogP contribution in [0.4, 0.5) is 10.2 Å². The van der Waals surface area contributed by atoms with E-state index in [1.54, 1.807) is 13.2 Å². The van der Waals surface area contributed by atoms with Crippen LogP contribution in [0.15, 0.2) is 47.5 Å². The van der Waals surface area contributed by atoms with Gasteiger partial charge in [0.1, 0.15) is 5.82 Å². The maximum absolute atomic E-state index is 13.5. The fourth-order valence-corrected chi connectivity index (χ4v) is 3.83. The second-order valence-corrected chi connectivity index (χ2v) is 7.45. The van der Waals surface area contributed by atoms with Gasteiger partial charge in [0, 0.05) is 12.5 Å². The highest BCUT2D eigenvalue weighted by molar-refractivity contribution is 6.08. The van der Waals surface area contributed by atoms with Crippen LogP contribution in [0.3, 0.4) is 0 Å². The van der Waals surface area contributed by atoms with Gasteiger partial charge in [-0.2, -0.15) is 5.10 Å². The Bertz CT molecular complexity index is 1090. The van der Waals surface area contributed by atoms with Gasteiger partial charge < -0.3 is 10.1 Å². The lowest BCUT2D eigenvalue weighted by atomic mass is 10.0. The number of nitrogens with zero attached hydrogens (tertiary/aromatic N) is 2. The molecule has 1 aliphatic rings. The van der Waals surface area contributed by atoms with Crippen LogP contribution in [0.2, 0.25) is 0 Å². The molecule has 2 aromatic carbocycles. The maximum atomic E-state index is 13.5. The molecule has 3 N–H and O–H groups in total. The molecule has 3 aromatic rings. The molecule has 0 bridgehead atoms. The lowest BCUT2D eigenvalue weighted by Crippen LogP contribution is -2.39. The predicted octanol–water partition coefficient (Wildman–Crippen LogP) is 3.35. The van der Waals surface area contributed by atoms with Crippen LogP contribution >= 0.6 is 0 Å². The van der Waals surface area contributed by atoms with Crippen molar-refractivity contribution in [1.29, 1.82) is 0 Å². The number of anilines is 1. The third-order valence-corrected chi connectivity index (χ3v) is 5.21. The van der Waals surface area contributed by atoms with Gasteiger partial charge in [-0.15, -0.1) is 0 Å². The average molecular weight is 409 g/mol. The summed E-state index contributed by atoms with van der Waals surface area (Å²) in [5, 5.41) is 13.7. The van der Waals surface area contributed by atoms with Crippen LogP contribution in [-0.2, 0) is 16.0 Å². The van der Waals surface area contributed by atoms with Crippen LogP contribution < -0.4 is 10.6 Å². The van der Waals surface area contributed by atoms with E-state index in [-0.39, 0.29) is 29.6 Å². The van der Waals surface area contributed by atoms with E-state index >= 15 is 0 Å². The first-order chi connectivity index (χ1) is 14.5. The molecule has 1 amide bonds. The van der Waals surface area contributed by atoms with Gasteiger partial charge in [0.05, 0.1) is 24.1 Å². The molecule has 1 heterocycles. The zero-order valence-corrected chi connectivity index (χ0v) is 16.9. The fourth-order valence-electron chi connectivity index (χ4n) is 3.83. The van der Waals surface area contributed by atoms with Gasteiger partial charge in [0.2, 0.25) is 11.9 Å². The van der Waals surface area contributed by atoms with Crippen LogP contribution in [-0.4, -0.2) is 41.8 Å². The molecule has 156 valence electrons. The van der Waals surface area contributed by atoms with Crippen molar-refractivity contribution in [3.63, 3.8) is 0 Å². The first-order valence-corrected chi connectivity index (χ1v) is 9.91.